The molecule has 0 unspecified atom stereocenters. The van der Waals surface area contributed by atoms with Gasteiger partial charge in [-0.3, -0.25) is 0 Å². The molecule has 0 aliphatic heterocycles. The zero-order chi connectivity index (χ0) is 19.0. The molecule has 0 spiro atoms. The number of rotatable bonds is 4. The Kier molecular flexibility index (Phi) is 19.6. The minimum absolute atomic E-state index is 0.111. The Bertz CT molecular complexity index is 317. The van der Waals surface area contributed by atoms with Crippen molar-refractivity contribution in [1.29, 1.82) is 10.5 Å². The van der Waals surface area contributed by atoms with Gasteiger partial charge in [-0.15, -0.1) is 0 Å². The molecule has 0 heterocycles. The Morgan fingerprint density at radius 1 is 0.773 bits per heavy atom. The lowest BCUT2D eigenvalue weighted by molar-refractivity contribution is -0.00335. The molecule has 22 heavy (non-hydrogen) atoms. The lowest BCUT2D eigenvalue weighted by atomic mass is 9.83. The molecule has 0 radical (unpaired) electrons. The van der Waals surface area contributed by atoms with Crippen molar-refractivity contribution in [3.8, 4) is 12.1 Å². The van der Waals surface area contributed by atoms with Crippen LogP contribution in [0.1, 0.15) is 89.0 Å². The zero-order valence-electron chi connectivity index (χ0n) is 17.2. The molecule has 3 heteroatoms. The highest BCUT2D eigenvalue weighted by molar-refractivity contribution is 4.95. The van der Waals surface area contributed by atoms with Gasteiger partial charge in [0.2, 0.25) is 0 Å². The van der Waals surface area contributed by atoms with Crippen LogP contribution < -0.4 is 0 Å². The van der Waals surface area contributed by atoms with E-state index in [0.717, 1.165) is 12.8 Å². The predicted octanol–water partition coefficient (Wildman–Crippen LogP) is 6.35. The number of methoxy groups -OCH3 is 1. The Labute approximate surface area is 140 Å². The second kappa shape index (κ2) is 14.9. The van der Waals surface area contributed by atoms with Crippen LogP contribution in [0.5, 0.6) is 0 Å². The van der Waals surface area contributed by atoms with Crippen molar-refractivity contribution in [1.82, 2.24) is 0 Å². The highest BCUT2D eigenvalue weighted by Crippen LogP contribution is 2.28. The van der Waals surface area contributed by atoms with Gasteiger partial charge in [-0.25, -0.2) is 0 Å². The molecule has 132 valence electrons. The molecule has 3 nitrogen and oxygen atoms in total. The average Bonchev–Trinajstić information content (AvgIpc) is 2.51. The minimum Gasteiger partial charge on any atom is -0.379 e. The quantitative estimate of drug-likeness (QED) is 0.607. The lowest BCUT2D eigenvalue weighted by Gasteiger charge is -2.29. The summed E-state index contributed by atoms with van der Waals surface area (Å²) in [5.74, 6) is 0. The van der Waals surface area contributed by atoms with Crippen molar-refractivity contribution in [3.63, 3.8) is 0 Å². The van der Waals surface area contributed by atoms with Gasteiger partial charge in [0.15, 0.2) is 0 Å². The number of ether oxygens (including phenoxy) is 1. The van der Waals surface area contributed by atoms with Gasteiger partial charge in [-0.2, -0.15) is 10.5 Å². The van der Waals surface area contributed by atoms with E-state index in [-0.39, 0.29) is 16.4 Å². The summed E-state index contributed by atoms with van der Waals surface area (Å²) in [5, 5.41) is 17.1. The van der Waals surface area contributed by atoms with E-state index in [4.69, 9.17) is 15.3 Å². The van der Waals surface area contributed by atoms with Crippen molar-refractivity contribution < 1.29 is 4.74 Å². The molecule has 0 aromatic rings. The van der Waals surface area contributed by atoms with Gasteiger partial charge in [0.1, 0.15) is 0 Å². The Morgan fingerprint density at radius 3 is 1.23 bits per heavy atom. The van der Waals surface area contributed by atoms with Crippen LogP contribution in [-0.4, -0.2) is 12.7 Å². The first-order valence-electron chi connectivity index (χ1n) is 8.33. The maximum absolute atomic E-state index is 8.75. The summed E-state index contributed by atoms with van der Waals surface area (Å²) in [4.78, 5) is 0. The van der Waals surface area contributed by atoms with E-state index in [1.165, 1.54) is 0 Å². The fourth-order valence-electron chi connectivity index (χ4n) is 1.26. The van der Waals surface area contributed by atoms with Crippen LogP contribution in [0, 0.1) is 33.5 Å². The molecule has 0 saturated heterocycles. The Balaban J connectivity index is -0.000000127. The zero-order valence-corrected chi connectivity index (χ0v) is 17.2. The summed E-state index contributed by atoms with van der Waals surface area (Å²) in [7, 11) is 1.67. The van der Waals surface area contributed by atoms with E-state index in [0.29, 0.717) is 0 Å². The monoisotopic (exact) mass is 312 g/mol. The van der Waals surface area contributed by atoms with Crippen molar-refractivity contribution in [2.45, 2.75) is 94.6 Å². The molecule has 0 aliphatic rings. The topological polar surface area (TPSA) is 56.8 Å². The fourth-order valence-corrected chi connectivity index (χ4v) is 1.26. The van der Waals surface area contributed by atoms with Gasteiger partial charge in [0, 0.05) is 7.11 Å². The normalized spacial score (nSPS) is 10.3. The lowest BCUT2D eigenvalue weighted by Crippen LogP contribution is -2.29. The smallest absolute Gasteiger partial charge is 0.0685 e. The van der Waals surface area contributed by atoms with Crippen molar-refractivity contribution >= 4 is 0 Å². The molecule has 0 aliphatic carbocycles. The minimum atomic E-state index is -0.292. The summed E-state index contributed by atoms with van der Waals surface area (Å²) in [5.41, 5.74) is -0.598. The van der Waals surface area contributed by atoms with Gasteiger partial charge in [-0.05, 0) is 54.4 Å². The molecule has 0 aromatic heterocycles. The summed E-state index contributed by atoms with van der Waals surface area (Å²) in [6, 6.07) is 4.44. The number of hydrogen-bond acceptors (Lipinski definition) is 3. The third-order valence-corrected chi connectivity index (χ3v) is 2.91. The maximum Gasteiger partial charge on any atom is 0.0685 e. The van der Waals surface area contributed by atoms with Crippen molar-refractivity contribution in [2.75, 3.05) is 7.11 Å². The molecule has 0 rings (SSSR count). The molecule has 0 N–H and O–H groups in total. The van der Waals surface area contributed by atoms with Gasteiger partial charge in [0.05, 0.1) is 28.6 Å². The molecule has 0 aromatic carbocycles. The number of nitrogens with zero attached hydrogens (tertiary/aromatic N) is 2. The molecule has 0 atom stereocenters. The summed E-state index contributed by atoms with van der Waals surface area (Å²) in [6.07, 6.45) is 1.69. The average molecular weight is 313 g/mol. The van der Waals surface area contributed by atoms with Crippen LogP contribution in [0.3, 0.4) is 0 Å². The van der Waals surface area contributed by atoms with Crippen LogP contribution in [0.4, 0.5) is 0 Å². The Morgan fingerprint density at radius 2 is 1.09 bits per heavy atom. The van der Waals surface area contributed by atoms with Crippen LogP contribution >= 0.6 is 0 Å². The molecule has 0 fully saturated rings. The van der Waals surface area contributed by atoms with E-state index in [9.17, 15) is 0 Å². The molecular weight excluding hydrogens is 272 g/mol. The van der Waals surface area contributed by atoms with Crippen LogP contribution in [0.15, 0.2) is 0 Å². The summed E-state index contributed by atoms with van der Waals surface area (Å²) < 4.78 is 5.22. The summed E-state index contributed by atoms with van der Waals surface area (Å²) >= 11 is 0. The van der Waals surface area contributed by atoms with Crippen LogP contribution in [0.25, 0.3) is 0 Å². The second-order valence-electron chi connectivity index (χ2n) is 6.49. The van der Waals surface area contributed by atoms with Gasteiger partial charge < -0.3 is 4.74 Å². The second-order valence-corrected chi connectivity index (χ2v) is 6.49. The third kappa shape index (κ3) is 21.2. The van der Waals surface area contributed by atoms with Gasteiger partial charge >= 0.3 is 0 Å². The molecule has 0 amide bonds. The van der Waals surface area contributed by atoms with E-state index in [1.54, 1.807) is 7.11 Å². The van der Waals surface area contributed by atoms with Crippen LogP contribution in [0.2, 0.25) is 0 Å². The first kappa shape index (κ1) is 29.0. The number of nitriles is 2. The standard InChI is InChI=1S/C9H17NO.C6H11N.2C2H6/c1-8(2,7-10)6-9(3,4)11-5;1-4-6(2,3)5-7;2*1-2/h6H2,1-5H3;4H2,1-3H3;2*1-2H3. The Hall–Kier alpha value is -1.06. The largest absolute Gasteiger partial charge is 0.379 e. The highest BCUT2D eigenvalue weighted by atomic mass is 16.5. The SMILES string of the molecule is CC.CC.CCC(C)(C)C#N.COC(C)(C)CC(C)(C)C#N. The molecule has 0 bridgehead atoms. The van der Waals surface area contributed by atoms with Gasteiger partial charge in [0.25, 0.3) is 0 Å². The maximum atomic E-state index is 8.75. The number of hydrogen-bond donors (Lipinski definition) is 0. The van der Waals surface area contributed by atoms with Crippen LogP contribution in [-0.2, 0) is 4.74 Å². The van der Waals surface area contributed by atoms with Crippen molar-refractivity contribution in [3.05, 3.63) is 0 Å². The van der Waals surface area contributed by atoms with Crippen molar-refractivity contribution in [2.24, 2.45) is 10.8 Å². The summed E-state index contributed by atoms with van der Waals surface area (Å²) in [6.45, 7) is 21.7. The predicted molar refractivity (Wildman–Crippen MR) is 97.5 cm³/mol. The highest BCUT2D eigenvalue weighted by Gasteiger charge is 2.28. The van der Waals surface area contributed by atoms with E-state index >= 15 is 0 Å². The third-order valence-electron chi connectivity index (χ3n) is 2.91. The first-order chi connectivity index (χ1) is 9.95. The first-order valence-corrected chi connectivity index (χ1v) is 8.33. The van der Waals surface area contributed by atoms with E-state index < -0.39 is 0 Å². The van der Waals surface area contributed by atoms with Gasteiger partial charge in [-0.1, -0.05) is 34.6 Å². The molecule has 0 saturated carbocycles. The van der Waals surface area contributed by atoms with E-state index in [1.807, 2.05) is 76.2 Å². The molecular formula is C19H40N2O. The fraction of sp³-hybridized carbons (Fsp3) is 0.895. The van der Waals surface area contributed by atoms with E-state index in [2.05, 4.69) is 12.1 Å².